The van der Waals surface area contributed by atoms with Crippen LogP contribution in [-0.4, -0.2) is 57.9 Å². The van der Waals surface area contributed by atoms with E-state index in [4.69, 9.17) is 32.4 Å². The van der Waals surface area contributed by atoms with Gasteiger partial charge in [0.05, 0.1) is 29.1 Å². The highest BCUT2D eigenvalue weighted by atomic mass is 35.5. The second-order valence-electron chi connectivity index (χ2n) is 10.0. The molecule has 40 heavy (non-hydrogen) atoms. The van der Waals surface area contributed by atoms with Crippen molar-refractivity contribution in [3.05, 3.63) is 87.7 Å². The summed E-state index contributed by atoms with van der Waals surface area (Å²) < 4.78 is 10.9. The number of benzene rings is 2. The standard InChI is InChI=1S/C30H32Cl2N4O4/c1-2-39-30(38)22-6-5-12-36(17-22)29(37)27-19-40-28(34-27)18-35(16-20-9-10-24(31)25(32)14-20)13-11-21-15-33-26-8-4-3-7-23(21)26/h3-4,7-10,14-15,19,22,33H,2,5-6,11-13,16-18H2,1H3. The van der Waals surface area contributed by atoms with Gasteiger partial charge in [-0.05, 0) is 55.5 Å². The third kappa shape index (κ3) is 6.69. The number of amides is 1. The molecule has 1 amide bonds. The zero-order valence-electron chi connectivity index (χ0n) is 22.4. The normalized spacial score (nSPS) is 15.6. The van der Waals surface area contributed by atoms with Crippen LogP contribution in [0.25, 0.3) is 10.9 Å². The smallest absolute Gasteiger partial charge is 0.310 e. The van der Waals surface area contributed by atoms with E-state index in [1.165, 1.54) is 17.2 Å². The second-order valence-corrected chi connectivity index (χ2v) is 10.9. The number of hydrogen-bond acceptors (Lipinski definition) is 6. The lowest BCUT2D eigenvalue weighted by atomic mass is 9.98. The van der Waals surface area contributed by atoms with Crippen LogP contribution in [-0.2, 0) is 29.0 Å². The molecule has 1 unspecified atom stereocenters. The van der Waals surface area contributed by atoms with Gasteiger partial charge in [-0.2, -0.15) is 0 Å². The molecule has 1 saturated heterocycles. The summed E-state index contributed by atoms with van der Waals surface area (Å²) in [6.07, 6.45) is 5.72. The third-order valence-corrected chi connectivity index (χ3v) is 7.96. The van der Waals surface area contributed by atoms with E-state index in [1.54, 1.807) is 17.9 Å². The largest absolute Gasteiger partial charge is 0.466 e. The van der Waals surface area contributed by atoms with E-state index in [1.807, 2.05) is 30.5 Å². The highest BCUT2D eigenvalue weighted by molar-refractivity contribution is 6.42. The molecular formula is C30H32Cl2N4O4. The number of nitrogens with zero attached hydrogens (tertiary/aromatic N) is 3. The summed E-state index contributed by atoms with van der Waals surface area (Å²) in [7, 11) is 0. The SMILES string of the molecule is CCOC(=O)C1CCCN(C(=O)c2coc(CN(CCc3c[nH]c4ccccc34)Cc3ccc(Cl)c(Cl)c3)n2)C1. The number of likely N-dealkylation sites (tertiary alicyclic amines) is 1. The van der Waals surface area contributed by atoms with Gasteiger partial charge in [-0.15, -0.1) is 0 Å². The van der Waals surface area contributed by atoms with Crippen molar-refractivity contribution >= 4 is 46.0 Å². The molecule has 0 aliphatic carbocycles. The Bertz CT molecular complexity index is 1480. The van der Waals surface area contributed by atoms with Gasteiger partial charge in [-0.1, -0.05) is 47.5 Å². The number of hydrogen-bond donors (Lipinski definition) is 1. The molecule has 8 nitrogen and oxygen atoms in total. The molecule has 2 aromatic heterocycles. The molecule has 4 aromatic rings. The van der Waals surface area contributed by atoms with Crippen molar-refractivity contribution in [3.63, 3.8) is 0 Å². The number of fused-ring (bicyclic) bond motifs is 1. The molecule has 2 aromatic carbocycles. The fourth-order valence-corrected chi connectivity index (χ4v) is 5.50. The Morgan fingerprint density at radius 2 is 2.02 bits per heavy atom. The summed E-state index contributed by atoms with van der Waals surface area (Å²) in [6, 6.07) is 13.8. The number of piperidine rings is 1. The first-order chi connectivity index (χ1) is 19.4. The highest BCUT2D eigenvalue weighted by Gasteiger charge is 2.31. The first kappa shape index (κ1) is 28.2. The molecule has 1 atom stereocenters. The quantitative estimate of drug-likeness (QED) is 0.226. The van der Waals surface area contributed by atoms with Crippen molar-refractivity contribution in [3.8, 4) is 0 Å². The van der Waals surface area contributed by atoms with Gasteiger partial charge < -0.3 is 19.0 Å². The molecule has 1 aliphatic rings. The van der Waals surface area contributed by atoms with Gasteiger partial charge in [-0.3, -0.25) is 14.5 Å². The third-order valence-electron chi connectivity index (χ3n) is 7.22. The van der Waals surface area contributed by atoms with E-state index in [2.05, 4.69) is 27.0 Å². The monoisotopic (exact) mass is 582 g/mol. The Morgan fingerprint density at radius 3 is 2.85 bits per heavy atom. The minimum Gasteiger partial charge on any atom is -0.466 e. The van der Waals surface area contributed by atoms with E-state index in [9.17, 15) is 9.59 Å². The molecule has 1 fully saturated rings. The Morgan fingerprint density at radius 1 is 1.18 bits per heavy atom. The molecule has 0 bridgehead atoms. The zero-order chi connectivity index (χ0) is 28.1. The maximum atomic E-state index is 13.2. The van der Waals surface area contributed by atoms with Crippen LogP contribution >= 0.6 is 23.2 Å². The van der Waals surface area contributed by atoms with Crippen LogP contribution in [0.1, 0.15) is 47.3 Å². The summed E-state index contributed by atoms with van der Waals surface area (Å²) in [4.78, 5) is 37.2. The van der Waals surface area contributed by atoms with Gasteiger partial charge in [0.2, 0.25) is 5.89 Å². The second kappa shape index (κ2) is 12.9. The number of H-pyrrole nitrogens is 1. The van der Waals surface area contributed by atoms with Crippen molar-refractivity contribution in [1.82, 2.24) is 19.8 Å². The maximum Gasteiger partial charge on any atom is 0.310 e. The summed E-state index contributed by atoms with van der Waals surface area (Å²) >= 11 is 12.4. The predicted molar refractivity (Wildman–Crippen MR) is 154 cm³/mol. The lowest BCUT2D eigenvalue weighted by molar-refractivity contribution is -0.149. The van der Waals surface area contributed by atoms with Crippen LogP contribution in [0.15, 0.2) is 59.3 Å². The number of para-hydroxylation sites is 1. The minimum absolute atomic E-state index is 0.237. The molecule has 0 spiro atoms. The molecule has 210 valence electrons. The van der Waals surface area contributed by atoms with Crippen LogP contribution in [0.3, 0.4) is 0 Å². The number of carbonyl (C=O) groups is 2. The summed E-state index contributed by atoms with van der Waals surface area (Å²) in [5.41, 5.74) is 3.58. The van der Waals surface area contributed by atoms with E-state index in [-0.39, 0.29) is 23.5 Å². The van der Waals surface area contributed by atoms with Gasteiger partial charge in [0.25, 0.3) is 5.91 Å². The number of oxazole rings is 1. The number of esters is 1. The Hall–Kier alpha value is -3.33. The molecule has 5 rings (SSSR count). The Balaban J connectivity index is 1.29. The summed E-state index contributed by atoms with van der Waals surface area (Å²) in [5, 5.41) is 2.21. The first-order valence-corrected chi connectivity index (χ1v) is 14.3. The Kier molecular flexibility index (Phi) is 9.09. The number of aromatic nitrogens is 2. The van der Waals surface area contributed by atoms with Gasteiger partial charge in [0.1, 0.15) is 6.26 Å². The first-order valence-electron chi connectivity index (χ1n) is 13.5. The lowest BCUT2D eigenvalue weighted by Crippen LogP contribution is -2.43. The topological polar surface area (TPSA) is 91.7 Å². The maximum absolute atomic E-state index is 13.2. The molecule has 10 heteroatoms. The molecule has 3 heterocycles. The molecule has 1 aliphatic heterocycles. The molecule has 0 radical (unpaired) electrons. The zero-order valence-corrected chi connectivity index (χ0v) is 23.9. The van der Waals surface area contributed by atoms with Crippen LogP contribution in [0.5, 0.6) is 0 Å². The number of rotatable bonds is 10. The van der Waals surface area contributed by atoms with Crippen LogP contribution in [0.2, 0.25) is 10.0 Å². The van der Waals surface area contributed by atoms with Crippen LogP contribution in [0.4, 0.5) is 0 Å². The van der Waals surface area contributed by atoms with Crippen molar-refractivity contribution in [2.24, 2.45) is 5.92 Å². The molecule has 1 N–H and O–H groups in total. The van der Waals surface area contributed by atoms with E-state index in [0.717, 1.165) is 30.5 Å². The number of halogens is 2. The fourth-order valence-electron chi connectivity index (χ4n) is 5.18. The number of ether oxygens (including phenoxy) is 1. The van der Waals surface area contributed by atoms with Gasteiger partial charge >= 0.3 is 5.97 Å². The van der Waals surface area contributed by atoms with Crippen LogP contribution < -0.4 is 0 Å². The minimum atomic E-state index is -0.310. The fraction of sp³-hybridized carbons (Fsp3) is 0.367. The number of nitrogens with one attached hydrogen (secondary N) is 1. The van der Waals surface area contributed by atoms with Crippen molar-refractivity contribution in [2.45, 2.75) is 39.3 Å². The Labute approximate surface area is 243 Å². The highest BCUT2D eigenvalue weighted by Crippen LogP contribution is 2.25. The number of aromatic amines is 1. The van der Waals surface area contributed by atoms with Gasteiger partial charge in [-0.25, -0.2) is 4.98 Å². The lowest BCUT2D eigenvalue weighted by Gasteiger charge is -2.30. The van der Waals surface area contributed by atoms with Crippen molar-refractivity contribution in [1.29, 1.82) is 0 Å². The van der Waals surface area contributed by atoms with E-state index < -0.39 is 0 Å². The van der Waals surface area contributed by atoms with Crippen molar-refractivity contribution < 1.29 is 18.7 Å². The van der Waals surface area contributed by atoms with E-state index >= 15 is 0 Å². The van der Waals surface area contributed by atoms with Crippen molar-refractivity contribution in [2.75, 3.05) is 26.2 Å². The average Bonchev–Trinajstić information content (AvgIpc) is 3.61. The van der Waals surface area contributed by atoms with E-state index in [0.29, 0.717) is 55.1 Å². The molecular weight excluding hydrogens is 551 g/mol. The average molecular weight is 584 g/mol. The predicted octanol–water partition coefficient (Wildman–Crippen LogP) is 6.12. The molecule has 0 saturated carbocycles. The van der Waals surface area contributed by atoms with Gasteiger partial charge in [0.15, 0.2) is 5.69 Å². The summed E-state index contributed by atoms with van der Waals surface area (Å²) in [6.45, 7) is 4.74. The van der Waals surface area contributed by atoms with Crippen LogP contribution in [0, 0.1) is 5.92 Å². The number of carbonyl (C=O) groups excluding carboxylic acids is 2. The van der Waals surface area contributed by atoms with Gasteiger partial charge in [0, 0.05) is 43.3 Å². The summed E-state index contributed by atoms with van der Waals surface area (Å²) in [5.74, 6) is -0.357.